The molecule has 0 aliphatic heterocycles. The van der Waals surface area contributed by atoms with Crippen LogP contribution in [0.25, 0.3) is 0 Å². The van der Waals surface area contributed by atoms with E-state index in [0.29, 0.717) is 22.0 Å². The molecule has 0 aliphatic carbocycles. The number of anilines is 2. The first kappa shape index (κ1) is 20.4. The van der Waals surface area contributed by atoms with E-state index in [2.05, 4.69) is 16.0 Å². The molecule has 0 saturated carbocycles. The number of hydrogen-bond donors (Lipinski definition) is 4. The van der Waals surface area contributed by atoms with Gasteiger partial charge in [-0.25, -0.2) is 0 Å². The summed E-state index contributed by atoms with van der Waals surface area (Å²) in [5.41, 5.74) is 1.59. The highest BCUT2D eigenvalue weighted by Gasteiger charge is 2.13. The van der Waals surface area contributed by atoms with Gasteiger partial charge in [0.2, 0.25) is 11.8 Å². The maximum Gasteiger partial charge on any atom is 0.251 e. The SMILES string of the molecule is CC(=O)Nc1cc(NC(C)=O)cc(C(=O)NCC(O)c2ccc(Cl)cc2)c1. The Morgan fingerprint density at radius 1 is 0.963 bits per heavy atom. The summed E-state index contributed by atoms with van der Waals surface area (Å²) in [5.74, 6) is -1.07. The molecule has 0 bridgehead atoms. The lowest BCUT2D eigenvalue weighted by molar-refractivity contribution is -0.115. The molecule has 142 valence electrons. The summed E-state index contributed by atoms with van der Waals surface area (Å²) in [6.07, 6.45) is -0.903. The minimum Gasteiger partial charge on any atom is -0.387 e. The topological polar surface area (TPSA) is 108 Å². The van der Waals surface area contributed by atoms with Crippen LogP contribution in [0.2, 0.25) is 5.02 Å². The standard InChI is InChI=1S/C19H20ClN3O4/c1-11(24)22-16-7-14(8-17(9-16)23-12(2)25)19(27)21-10-18(26)13-3-5-15(20)6-4-13/h3-9,18,26H,10H2,1-2H3,(H,21,27)(H,22,24)(H,23,25). The Labute approximate surface area is 161 Å². The molecule has 1 atom stereocenters. The number of rotatable bonds is 6. The van der Waals surface area contributed by atoms with Gasteiger partial charge in [-0.3, -0.25) is 14.4 Å². The molecule has 0 fully saturated rings. The van der Waals surface area contributed by atoms with Gasteiger partial charge in [0.15, 0.2) is 0 Å². The summed E-state index contributed by atoms with van der Waals surface area (Å²) < 4.78 is 0. The average molecular weight is 390 g/mol. The fraction of sp³-hybridized carbons (Fsp3) is 0.211. The number of nitrogens with one attached hydrogen (secondary N) is 3. The fourth-order valence-corrected chi connectivity index (χ4v) is 2.53. The first-order valence-corrected chi connectivity index (χ1v) is 8.54. The molecule has 0 saturated heterocycles. The molecule has 0 aliphatic rings. The molecule has 0 aromatic heterocycles. The first-order chi connectivity index (χ1) is 12.7. The van der Waals surface area contributed by atoms with Gasteiger partial charge in [0.1, 0.15) is 0 Å². The molecule has 0 spiro atoms. The lowest BCUT2D eigenvalue weighted by Crippen LogP contribution is -2.28. The van der Waals surface area contributed by atoms with Gasteiger partial charge in [-0.05, 0) is 35.9 Å². The maximum absolute atomic E-state index is 12.4. The number of aliphatic hydroxyl groups excluding tert-OH is 1. The molecule has 2 aromatic carbocycles. The molecule has 2 aromatic rings. The van der Waals surface area contributed by atoms with Gasteiger partial charge in [-0.2, -0.15) is 0 Å². The maximum atomic E-state index is 12.4. The van der Waals surface area contributed by atoms with Crippen LogP contribution in [0, 0.1) is 0 Å². The number of halogens is 1. The van der Waals surface area contributed by atoms with Crippen molar-refractivity contribution < 1.29 is 19.5 Å². The molecule has 2 rings (SSSR count). The third-order valence-corrected chi connectivity index (χ3v) is 3.80. The number of carbonyl (C=O) groups is 3. The third-order valence-electron chi connectivity index (χ3n) is 3.55. The predicted octanol–water partition coefficient (Wildman–Crippen LogP) is 2.72. The molecule has 27 heavy (non-hydrogen) atoms. The lowest BCUT2D eigenvalue weighted by atomic mass is 10.1. The van der Waals surface area contributed by atoms with E-state index in [0.717, 1.165) is 0 Å². The smallest absolute Gasteiger partial charge is 0.251 e. The van der Waals surface area contributed by atoms with Crippen molar-refractivity contribution in [2.45, 2.75) is 20.0 Å². The van der Waals surface area contributed by atoms with Gasteiger partial charge in [0, 0.05) is 42.4 Å². The van der Waals surface area contributed by atoms with Gasteiger partial charge in [0.05, 0.1) is 6.10 Å². The van der Waals surface area contributed by atoms with Crippen LogP contribution in [-0.2, 0) is 9.59 Å². The summed E-state index contributed by atoms with van der Waals surface area (Å²) in [7, 11) is 0. The van der Waals surface area contributed by atoms with Crippen LogP contribution in [0.15, 0.2) is 42.5 Å². The number of hydrogen-bond acceptors (Lipinski definition) is 4. The molecule has 3 amide bonds. The normalized spacial score (nSPS) is 11.4. The van der Waals surface area contributed by atoms with E-state index in [-0.39, 0.29) is 23.9 Å². The second kappa shape index (κ2) is 9.16. The van der Waals surface area contributed by atoms with Crippen molar-refractivity contribution >= 4 is 40.7 Å². The van der Waals surface area contributed by atoms with Crippen LogP contribution in [0.3, 0.4) is 0 Å². The Bertz CT molecular complexity index is 818. The Kier molecular flexibility index (Phi) is 6.92. The summed E-state index contributed by atoms with van der Waals surface area (Å²) in [6, 6.07) is 11.2. The van der Waals surface area contributed by atoms with E-state index in [1.165, 1.54) is 26.0 Å². The first-order valence-electron chi connectivity index (χ1n) is 8.16. The molecule has 0 radical (unpaired) electrons. The Morgan fingerprint density at radius 3 is 1.96 bits per heavy atom. The zero-order valence-electron chi connectivity index (χ0n) is 14.9. The van der Waals surface area contributed by atoms with E-state index in [9.17, 15) is 19.5 Å². The quantitative estimate of drug-likeness (QED) is 0.609. The highest BCUT2D eigenvalue weighted by molar-refractivity contribution is 6.30. The van der Waals surface area contributed by atoms with Crippen molar-refractivity contribution in [1.29, 1.82) is 0 Å². The fourth-order valence-electron chi connectivity index (χ4n) is 2.40. The van der Waals surface area contributed by atoms with Crippen LogP contribution in [0.5, 0.6) is 0 Å². The van der Waals surface area contributed by atoms with Crippen LogP contribution in [0.4, 0.5) is 11.4 Å². The van der Waals surface area contributed by atoms with Crippen LogP contribution in [-0.4, -0.2) is 29.4 Å². The summed E-state index contributed by atoms with van der Waals surface area (Å²) in [4.78, 5) is 35.0. The summed E-state index contributed by atoms with van der Waals surface area (Å²) in [6.45, 7) is 2.67. The van der Waals surface area contributed by atoms with Crippen LogP contribution in [0.1, 0.15) is 35.9 Å². The van der Waals surface area contributed by atoms with Crippen molar-refractivity contribution in [1.82, 2.24) is 5.32 Å². The number of amides is 3. The second-order valence-electron chi connectivity index (χ2n) is 5.94. The Hall–Kier alpha value is -2.90. The van der Waals surface area contributed by atoms with E-state index in [1.54, 1.807) is 30.3 Å². The van der Waals surface area contributed by atoms with E-state index in [4.69, 9.17) is 11.6 Å². The zero-order valence-corrected chi connectivity index (χ0v) is 15.6. The predicted molar refractivity (Wildman–Crippen MR) is 104 cm³/mol. The van der Waals surface area contributed by atoms with Gasteiger partial charge in [-0.1, -0.05) is 23.7 Å². The highest BCUT2D eigenvalue weighted by Crippen LogP contribution is 2.20. The summed E-state index contributed by atoms with van der Waals surface area (Å²) in [5, 5.41) is 18.5. The molecular formula is C19H20ClN3O4. The number of carbonyl (C=O) groups excluding carboxylic acids is 3. The molecule has 1 unspecified atom stereocenters. The van der Waals surface area contributed by atoms with Crippen molar-refractivity contribution in [3.63, 3.8) is 0 Å². The number of aliphatic hydroxyl groups is 1. The van der Waals surface area contributed by atoms with Gasteiger partial charge >= 0.3 is 0 Å². The third kappa shape index (κ3) is 6.40. The molecule has 0 heterocycles. The molecule has 4 N–H and O–H groups in total. The zero-order chi connectivity index (χ0) is 20.0. The van der Waals surface area contributed by atoms with Crippen LogP contribution >= 0.6 is 11.6 Å². The van der Waals surface area contributed by atoms with Crippen LogP contribution < -0.4 is 16.0 Å². The van der Waals surface area contributed by atoms with Gasteiger partial charge in [0.25, 0.3) is 5.91 Å². The summed E-state index contributed by atoms with van der Waals surface area (Å²) >= 11 is 5.81. The molecule has 7 nitrogen and oxygen atoms in total. The Morgan fingerprint density at radius 2 is 1.48 bits per heavy atom. The average Bonchev–Trinajstić information content (AvgIpc) is 2.58. The van der Waals surface area contributed by atoms with E-state index in [1.807, 2.05) is 0 Å². The van der Waals surface area contributed by atoms with Crippen molar-refractivity contribution in [2.75, 3.05) is 17.2 Å². The molecule has 8 heteroatoms. The van der Waals surface area contributed by atoms with Crippen molar-refractivity contribution in [3.8, 4) is 0 Å². The second-order valence-corrected chi connectivity index (χ2v) is 6.38. The van der Waals surface area contributed by atoms with Gasteiger partial charge < -0.3 is 21.1 Å². The van der Waals surface area contributed by atoms with Crippen molar-refractivity contribution in [3.05, 3.63) is 58.6 Å². The van der Waals surface area contributed by atoms with E-state index < -0.39 is 12.0 Å². The minimum atomic E-state index is -0.903. The Balaban J connectivity index is 2.12. The largest absolute Gasteiger partial charge is 0.387 e. The number of benzene rings is 2. The van der Waals surface area contributed by atoms with Crippen molar-refractivity contribution in [2.24, 2.45) is 0 Å². The van der Waals surface area contributed by atoms with Gasteiger partial charge in [-0.15, -0.1) is 0 Å². The lowest BCUT2D eigenvalue weighted by Gasteiger charge is -2.14. The van der Waals surface area contributed by atoms with E-state index >= 15 is 0 Å². The highest BCUT2D eigenvalue weighted by atomic mass is 35.5. The monoisotopic (exact) mass is 389 g/mol. The minimum absolute atomic E-state index is 0.0136. The molecular weight excluding hydrogens is 370 g/mol.